The molecule has 0 amide bonds. The number of hydrogen-bond donors (Lipinski definition) is 1. The van der Waals surface area contributed by atoms with Crippen molar-refractivity contribution in [2.45, 2.75) is 91.0 Å². The van der Waals surface area contributed by atoms with Crippen LogP contribution in [0.15, 0.2) is 27.9 Å². The summed E-state index contributed by atoms with van der Waals surface area (Å²) in [4.78, 5) is 50.9. The molecule has 0 aliphatic carbocycles. The molecule has 18 heteroatoms. The summed E-state index contributed by atoms with van der Waals surface area (Å²) in [7, 11) is -1.74. The maximum atomic E-state index is 12.9. The lowest BCUT2D eigenvalue weighted by Gasteiger charge is -2.37. The molecule has 2 unspecified atom stereocenters. The topological polar surface area (TPSA) is 207 Å². The number of nitriles is 1. The van der Waals surface area contributed by atoms with E-state index in [2.05, 4.69) is 4.98 Å². The quantitative estimate of drug-likeness (QED) is 0.0969. The zero-order valence-corrected chi connectivity index (χ0v) is 27.8. The van der Waals surface area contributed by atoms with Crippen molar-refractivity contribution < 1.29 is 42.4 Å². The molecule has 47 heavy (non-hydrogen) atoms. The van der Waals surface area contributed by atoms with E-state index in [9.17, 15) is 24.5 Å². The first-order chi connectivity index (χ1) is 22.3. The number of ether oxygens (including phenoxy) is 5. The first-order valence-corrected chi connectivity index (χ1v) is 16.1. The summed E-state index contributed by atoms with van der Waals surface area (Å²) >= 11 is 0. The van der Waals surface area contributed by atoms with Gasteiger partial charge in [-0.2, -0.15) is 5.26 Å². The number of hydrogen-bond acceptors (Lipinski definition) is 14. The fourth-order valence-electron chi connectivity index (χ4n) is 5.17. The van der Waals surface area contributed by atoms with Crippen molar-refractivity contribution >= 4 is 20.4 Å². The average molecular weight is 680 g/mol. The summed E-state index contributed by atoms with van der Waals surface area (Å²) in [6.07, 6.45) is -3.19. The van der Waals surface area contributed by atoms with E-state index in [1.807, 2.05) is 38.4 Å². The van der Waals surface area contributed by atoms with Crippen molar-refractivity contribution in [1.29, 1.82) is 5.26 Å². The van der Waals surface area contributed by atoms with Crippen LogP contribution in [0.4, 0.5) is 10.5 Å². The molecule has 4 rings (SSSR count). The Morgan fingerprint density at radius 3 is 2.53 bits per heavy atom. The molecule has 2 aliphatic rings. The van der Waals surface area contributed by atoms with Crippen LogP contribution in [0.5, 0.6) is 11.5 Å². The highest BCUT2D eigenvalue weighted by molar-refractivity contribution is 7.44. The van der Waals surface area contributed by atoms with Crippen LogP contribution < -0.4 is 20.7 Å². The Kier molecular flexibility index (Phi) is 11.9. The molecule has 1 saturated heterocycles. The number of nitro groups is 1. The number of aromatic amines is 1. The predicted octanol–water partition coefficient (Wildman–Crippen LogP) is 4.35. The molecule has 0 spiro atoms. The Morgan fingerprint density at radius 1 is 1.21 bits per heavy atom. The molecular formula is C29H38N5O12P. The van der Waals surface area contributed by atoms with E-state index < -0.39 is 55.4 Å². The lowest BCUT2D eigenvalue weighted by molar-refractivity contribution is -0.386. The highest BCUT2D eigenvalue weighted by atomic mass is 31.2. The third kappa shape index (κ3) is 8.65. The highest BCUT2D eigenvalue weighted by Crippen LogP contribution is 2.50. The number of benzene rings is 1. The molecule has 1 aromatic heterocycles. The Balaban J connectivity index is 1.54. The molecule has 0 saturated carbocycles. The maximum absolute atomic E-state index is 12.9. The molecule has 2 aliphatic heterocycles. The lowest BCUT2D eigenvalue weighted by Crippen LogP contribution is -2.37. The molecule has 17 nitrogen and oxygen atoms in total. The van der Waals surface area contributed by atoms with Crippen molar-refractivity contribution in [2.75, 3.05) is 20.0 Å². The largest absolute Gasteiger partial charge is 0.508 e. The minimum absolute atomic E-state index is 0.00261. The van der Waals surface area contributed by atoms with E-state index in [1.54, 1.807) is 6.92 Å². The fourth-order valence-corrected chi connectivity index (χ4v) is 6.92. The van der Waals surface area contributed by atoms with E-state index in [-0.39, 0.29) is 73.2 Å². The maximum Gasteiger partial charge on any atom is 0.508 e. The molecule has 0 bridgehead atoms. The van der Waals surface area contributed by atoms with Crippen molar-refractivity contribution in [2.24, 2.45) is 0 Å². The molecule has 1 N–H and O–H groups in total. The van der Waals surface area contributed by atoms with Gasteiger partial charge in [0.25, 0.3) is 19.8 Å². The smallest absolute Gasteiger partial charge is 0.454 e. The molecule has 1 aromatic carbocycles. The standard InChI is InChI=1S/C29H38N5O12P/c1-16(2)33(17(3)4)47(43-9-7-8-30)46-24-12-26(32-13-18(5)27(35)31-28(32)36)45-25(24)14-40-29(37)44-19(6)20-10-22-23(42-15-41-22)11-21(20)34(38)39/h10-11,13,16-17,19,24-26H,7,9,12,14-15H2,1-6H3,(H,31,35,36)/t19?,24-,25+,26+,47?/m0/s1. The number of nitrogens with one attached hydrogen (secondary N) is 1. The summed E-state index contributed by atoms with van der Waals surface area (Å²) in [5.41, 5.74) is -1.19. The Morgan fingerprint density at radius 2 is 1.89 bits per heavy atom. The third-order valence-corrected chi connectivity index (χ3v) is 9.47. The van der Waals surface area contributed by atoms with Gasteiger partial charge >= 0.3 is 11.8 Å². The van der Waals surface area contributed by atoms with Crippen molar-refractivity contribution in [1.82, 2.24) is 14.2 Å². The van der Waals surface area contributed by atoms with Gasteiger partial charge in [-0.25, -0.2) is 14.3 Å². The van der Waals surface area contributed by atoms with Gasteiger partial charge in [0, 0.05) is 30.3 Å². The van der Waals surface area contributed by atoms with E-state index in [4.69, 9.17) is 38.0 Å². The summed E-state index contributed by atoms with van der Waals surface area (Å²) in [5, 5.41) is 20.8. The van der Waals surface area contributed by atoms with Gasteiger partial charge in [-0.15, -0.1) is 0 Å². The Labute approximate surface area is 271 Å². The van der Waals surface area contributed by atoms with Crippen LogP contribution in [-0.4, -0.2) is 69.6 Å². The summed E-state index contributed by atoms with van der Waals surface area (Å²) in [5.74, 6) is 0.480. The van der Waals surface area contributed by atoms with E-state index in [0.717, 1.165) is 0 Å². The Bertz CT molecular complexity index is 1600. The van der Waals surface area contributed by atoms with Crippen LogP contribution in [0.3, 0.4) is 0 Å². The number of nitrogens with zero attached hydrogens (tertiary/aromatic N) is 4. The van der Waals surface area contributed by atoms with Gasteiger partial charge in [0.15, 0.2) is 11.5 Å². The predicted molar refractivity (Wildman–Crippen MR) is 165 cm³/mol. The van der Waals surface area contributed by atoms with Gasteiger partial charge in [-0.3, -0.25) is 24.5 Å². The molecule has 5 atom stereocenters. The second-order valence-electron chi connectivity index (χ2n) is 11.4. The Hall–Kier alpha value is -4.07. The number of H-pyrrole nitrogens is 1. The second-order valence-corrected chi connectivity index (χ2v) is 12.8. The molecule has 3 heterocycles. The van der Waals surface area contributed by atoms with Crippen LogP contribution in [0.25, 0.3) is 0 Å². The zero-order valence-electron chi connectivity index (χ0n) is 26.9. The minimum Gasteiger partial charge on any atom is -0.454 e. The summed E-state index contributed by atoms with van der Waals surface area (Å²) in [6.45, 7) is 10.5. The fraction of sp³-hybridized carbons (Fsp3) is 0.586. The average Bonchev–Trinajstić information content (AvgIpc) is 3.63. The highest BCUT2D eigenvalue weighted by Gasteiger charge is 2.42. The van der Waals surface area contributed by atoms with Gasteiger partial charge in [0.2, 0.25) is 6.79 Å². The molecule has 0 radical (unpaired) electrons. The van der Waals surface area contributed by atoms with E-state index in [1.165, 1.54) is 29.8 Å². The van der Waals surface area contributed by atoms with Gasteiger partial charge in [-0.1, -0.05) is 0 Å². The second kappa shape index (κ2) is 15.7. The zero-order chi connectivity index (χ0) is 34.4. The monoisotopic (exact) mass is 679 g/mol. The van der Waals surface area contributed by atoms with Gasteiger partial charge in [0.05, 0.1) is 41.8 Å². The molecular weight excluding hydrogens is 641 g/mol. The molecule has 256 valence electrons. The SMILES string of the molecule is Cc1cn([C@H]2C[C@H](OP(OCCC#N)N(C(C)C)C(C)C)[C@@H](COC(=O)OC(C)c3cc4c(cc3[N+](=O)[O-])OCO4)O2)c(=O)[nH]c1=O. The third-order valence-electron chi connectivity index (χ3n) is 7.32. The number of aromatic nitrogens is 2. The van der Waals surface area contributed by atoms with Gasteiger partial charge in [0.1, 0.15) is 25.0 Å². The van der Waals surface area contributed by atoms with Crippen LogP contribution in [0, 0.1) is 28.4 Å². The number of rotatable bonds is 14. The lowest BCUT2D eigenvalue weighted by atomic mass is 10.1. The van der Waals surface area contributed by atoms with E-state index in [0.29, 0.717) is 0 Å². The summed E-state index contributed by atoms with van der Waals surface area (Å²) in [6, 6.07) is 4.62. The van der Waals surface area contributed by atoms with Crippen LogP contribution in [0.2, 0.25) is 0 Å². The first-order valence-electron chi connectivity index (χ1n) is 14.9. The van der Waals surface area contributed by atoms with Crippen molar-refractivity contribution in [3.63, 3.8) is 0 Å². The number of fused-ring (bicyclic) bond motifs is 1. The van der Waals surface area contributed by atoms with Gasteiger partial charge < -0.3 is 32.7 Å². The first kappa shape index (κ1) is 35.8. The number of nitro benzene ring substituents is 1. The summed E-state index contributed by atoms with van der Waals surface area (Å²) < 4.78 is 43.2. The van der Waals surface area contributed by atoms with E-state index >= 15 is 0 Å². The number of carbonyl (C=O) groups is 1. The molecule has 2 aromatic rings. The van der Waals surface area contributed by atoms with Crippen molar-refractivity contribution in [3.05, 3.63) is 60.4 Å². The normalized spacial score (nSPS) is 20.0. The number of aryl methyl sites for hydroxylation is 1. The van der Waals surface area contributed by atoms with Crippen molar-refractivity contribution in [3.8, 4) is 17.6 Å². The number of carbonyl (C=O) groups excluding carboxylic acids is 1. The molecule has 1 fully saturated rings. The van der Waals surface area contributed by atoms with Gasteiger partial charge in [-0.05, 0) is 47.6 Å². The van der Waals surface area contributed by atoms with Crippen LogP contribution in [0.1, 0.15) is 70.9 Å². The van der Waals surface area contributed by atoms with Crippen LogP contribution in [-0.2, 0) is 23.3 Å². The van der Waals surface area contributed by atoms with Crippen LogP contribution >= 0.6 is 8.53 Å². The minimum atomic E-state index is -1.74.